The van der Waals surface area contributed by atoms with Crippen molar-refractivity contribution in [2.75, 3.05) is 0 Å². The predicted octanol–water partition coefficient (Wildman–Crippen LogP) is -0.582. The minimum Gasteiger partial charge on any atom is -0.475 e. The van der Waals surface area contributed by atoms with E-state index in [9.17, 15) is 9.59 Å². The lowest BCUT2D eigenvalue weighted by molar-refractivity contribution is 0.0682. The summed E-state index contributed by atoms with van der Waals surface area (Å²) in [5.74, 6) is -1.73. The molecule has 0 spiro atoms. The maximum atomic E-state index is 11.0. The Kier molecular flexibility index (Phi) is 1.48. The molecule has 1 aliphatic heterocycles. The van der Waals surface area contributed by atoms with E-state index in [0.29, 0.717) is 11.3 Å². The number of rotatable bonds is 1. The first-order valence-corrected chi connectivity index (χ1v) is 3.56. The first-order chi connectivity index (χ1) is 6.18. The highest BCUT2D eigenvalue weighted by molar-refractivity contribution is 5.97. The van der Waals surface area contributed by atoms with Gasteiger partial charge in [0.25, 0.3) is 5.91 Å². The summed E-state index contributed by atoms with van der Waals surface area (Å²) in [6.45, 7) is 0.275. The lowest BCUT2D eigenvalue weighted by Gasteiger charge is -1.95. The Morgan fingerprint density at radius 3 is 3.08 bits per heavy atom. The van der Waals surface area contributed by atoms with Crippen LogP contribution >= 0.6 is 0 Å². The summed E-state index contributed by atoms with van der Waals surface area (Å²) in [6, 6.07) is 0. The number of aromatic carboxylic acids is 1. The fourth-order valence-electron chi connectivity index (χ4n) is 1.10. The Labute approximate surface area is 72.6 Å². The van der Waals surface area contributed by atoms with Gasteiger partial charge < -0.3 is 10.4 Å². The number of fused-ring (bicyclic) bond motifs is 1. The van der Waals surface area contributed by atoms with Crippen molar-refractivity contribution in [3.8, 4) is 0 Å². The Hall–Kier alpha value is -1.98. The molecule has 2 N–H and O–H groups in total. The zero-order valence-electron chi connectivity index (χ0n) is 6.44. The van der Waals surface area contributed by atoms with Crippen LogP contribution < -0.4 is 5.32 Å². The fraction of sp³-hybridized carbons (Fsp3) is 0.143. The average Bonchev–Trinajstić information content (AvgIpc) is 2.47. The number of carbonyl (C=O) groups excluding carboxylic acids is 1. The molecule has 0 saturated heterocycles. The van der Waals surface area contributed by atoms with Gasteiger partial charge in [0.1, 0.15) is 0 Å². The topological polar surface area (TPSA) is 92.2 Å². The quantitative estimate of drug-likeness (QED) is 0.601. The summed E-state index contributed by atoms with van der Waals surface area (Å²) in [5, 5.41) is 11.1. The predicted molar refractivity (Wildman–Crippen MR) is 40.2 cm³/mol. The largest absolute Gasteiger partial charge is 0.475 e. The molecule has 6 nitrogen and oxygen atoms in total. The number of hydrogen-bond donors (Lipinski definition) is 2. The Bertz CT molecular complexity index is 402. The van der Waals surface area contributed by atoms with Gasteiger partial charge in [-0.3, -0.25) is 4.79 Å². The van der Waals surface area contributed by atoms with Crippen molar-refractivity contribution in [2.45, 2.75) is 6.54 Å². The third-order valence-corrected chi connectivity index (χ3v) is 1.72. The van der Waals surface area contributed by atoms with Crippen molar-refractivity contribution < 1.29 is 14.7 Å². The molecule has 0 unspecified atom stereocenters. The van der Waals surface area contributed by atoms with Crippen molar-refractivity contribution in [1.82, 2.24) is 15.3 Å². The van der Waals surface area contributed by atoms with Crippen molar-refractivity contribution in [2.24, 2.45) is 0 Å². The van der Waals surface area contributed by atoms with Crippen LogP contribution in [0.3, 0.4) is 0 Å². The van der Waals surface area contributed by atoms with Crippen LogP contribution in [0.2, 0.25) is 0 Å². The molecule has 0 fully saturated rings. The van der Waals surface area contributed by atoms with Crippen LogP contribution in [0.4, 0.5) is 0 Å². The van der Waals surface area contributed by atoms with Gasteiger partial charge in [0.2, 0.25) is 5.82 Å². The summed E-state index contributed by atoms with van der Waals surface area (Å²) < 4.78 is 0. The normalized spacial score (nSPS) is 13.7. The van der Waals surface area contributed by atoms with Gasteiger partial charge in [-0.25, -0.2) is 14.8 Å². The second kappa shape index (κ2) is 2.51. The molecule has 1 aliphatic rings. The molecular formula is C7H5N3O3. The van der Waals surface area contributed by atoms with Crippen LogP contribution in [0.5, 0.6) is 0 Å². The molecule has 0 atom stereocenters. The van der Waals surface area contributed by atoms with Gasteiger partial charge in [-0.1, -0.05) is 0 Å². The van der Waals surface area contributed by atoms with Crippen LogP contribution in [0.25, 0.3) is 0 Å². The number of carbonyl (C=O) groups is 2. The maximum Gasteiger partial charge on any atom is 0.373 e. The van der Waals surface area contributed by atoms with Gasteiger partial charge in [0, 0.05) is 6.20 Å². The summed E-state index contributed by atoms with van der Waals surface area (Å²) in [4.78, 5) is 28.7. The van der Waals surface area contributed by atoms with Gasteiger partial charge in [-0.05, 0) is 0 Å². The Balaban J connectivity index is 2.51. The third-order valence-electron chi connectivity index (χ3n) is 1.72. The van der Waals surface area contributed by atoms with E-state index >= 15 is 0 Å². The lowest BCUT2D eigenvalue weighted by atomic mass is 10.3. The van der Waals surface area contributed by atoms with E-state index in [1.807, 2.05) is 0 Å². The monoisotopic (exact) mass is 179 g/mol. The fourth-order valence-corrected chi connectivity index (χ4v) is 1.10. The second-order valence-corrected chi connectivity index (χ2v) is 2.54. The highest BCUT2D eigenvalue weighted by atomic mass is 16.4. The van der Waals surface area contributed by atoms with E-state index < -0.39 is 5.97 Å². The molecule has 0 bridgehead atoms. The van der Waals surface area contributed by atoms with Crippen molar-refractivity contribution >= 4 is 11.9 Å². The molecule has 2 rings (SSSR count). The number of carboxylic acids is 1. The maximum absolute atomic E-state index is 11.0. The van der Waals surface area contributed by atoms with Gasteiger partial charge in [0.15, 0.2) is 0 Å². The number of amides is 1. The number of aromatic nitrogens is 2. The Morgan fingerprint density at radius 1 is 1.62 bits per heavy atom. The highest BCUT2D eigenvalue weighted by Gasteiger charge is 2.22. The number of nitrogens with zero attached hydrogens (tertiary/aromatic N) is 2. The Morgan fingerprint density at radius 2 is 2.38 bits per heavy atom. The number of hydrogen-bond acceptors (Lipinski definition) is 4. The van der Waals surface area contributed by atoms with E-state index in [-0.39, 0.29) is 18.3 Å². The standard InChI is InChI=1S/C7H5N3O3/c11-6-3-1-8-5(7(12)13)10-4(3)2-9-6/h1H,2H2,(H,9,11)(H,12,13). The van der Waals surface area contributed by atoms with Gasteiger partial charge in [-0.2, -0.15) is 0 Å². The van der Waals surface area contributed by atoms with E-state index in [1.54, 1.807) is 0 Å². The molecule has 1 amide bonds. The van der Waals surface area contributed by atoms with Crippen LogP contribution in [0.1, 0.15) is 26.7 Å². The van der Waals surface area contributed by atoms with Gasteiger partial charge in [-0.15, -0.1) is 0 Å². The van der Waals surface area contributed by atoms with Crippen molar-refractivity contribution in [3.63, 3.8) is 0 Å². The molecule has 1 aromatic rings. The number of carboxylic acid groups (broad SMARTS) is 1. The van der Waals surface area contributed by atoms with E-state index in [0.717, 1.165) is 0 Å². The molecule has 0 aliphatic carbocycles. The lowest BCUT2D eigenvalue weighted by Crippen LogP contribution is -2.12. The molecule has 66 valence electrons. The average molecular weight is 179 g/mol. The summed E-state index contributed by atoms with van der Waals surface area (Å²) in [5.41, 5.74) is 0.794. The SMILES string of the molecule is O=C(O)c1ncc2c(n1)CNC2=O. The molecular weight excluding hydrogens is 174 g/mol. The summed E-state index contributed by atoms with van der Waals surface area (Å²) >= 11 is 0. The zero-order valence-corrected chi connectivity index (χ0v) is 6.44. The number of nitrogens with one attached hydrogen (secondary N) is 1. The zero-order chi connectivity index (χ0) is 9.42. The molecule has 2 heterocycles. The van der Waals surface area contributed by atoms with Gasteiger partial charge >= 0.3 is 5.97 Å². The van der Waals surface area contributed by atoms with E-state index in [4.69, 9.17) is 5.11 Å². The minimum absolute atomic E-state index is 0.257. The summed E-state index contributed by atoms with van der Waals surface area (Å²) in [6.07, 6.45) is 1.23. The highest BCUT2D eigenvalue weighted by Crippen LogP contribution is 2.11. The van der Waals surface area contributed by atoms with Crippen LogP contribution in [0.15, 0.2) is 6.20 Å². The van der Waals surface area contributed by atoms with Crippen LogP contribution in [-0.4, -0.2) is 27.0 Å². The molecule has 13 heavy (non-hydrogen) atoms. The van der Waals surface area contributed by atoms with Crippen LogP contribution in [-0.2, 0) is 6.54 Å². The smallest absolute Gasteiger partial charge is 0.373 e. The molecule has 0 radical (unpaired) electrons. The molecule has 6 heteroatoms. The molecule has 1 aromatic heterocycles. The van der Waals surface area contributed by atoms with E-state index in [1.165, 1.54) is 6.20 Å². The minimum atomic E-state index is -1.19. The van der Waals surface area contributed by atoms with E-state index in [2.05, 4.69) is 15.3 Å². The first-order valence-electron chi connectivity index (χ1n) is 3.56. The van der Waals surface area contributed by atoms with Crippen LogP contribution in [0, 0.1) is 0 Å². The second-order valence-electron chi connectivity index (χ2n) is 2.54. The first kappa shape index (κ1) is 7.66. The third kappa shape index (κ3) is 1.12. The van der Waals surface area contributed by atoms with Crippen molar-refractivity contribution in [3.05, 3.63) is 23.3 Å². The summed E-state index contributed by atoms with van der Waals surface area (Å²) in [7, 11) is 0. The molecule has 0 aromatic carbocycles. The molecule has 0 saturated carbocycles. The van der Waals surface area contributed by atoms with Gasteiger partial charge in [0.05, 0.1) is 17.8 Å². The van der Waals surface area contributed by atoms with Crippen molar-refractivity contribution in [1.29, 1.82) is 0 Å².